The number of anilines is 1. The summed E-state index contributed by atoms with van der Waals surface area (Å²) in [6.45, 7) is 0.305. The second-order valence-corrected chi connectivity index (χ2v) is 4.27. The zero-order chi connectivity index (χ0) is 14.7. The Morgan fingerprint density at radius 2 is 1.75 bits per heavy atom. The number of halogens is 3. The lowest BCUT2D eigenvalue weighted by Crippen LogP contribution is -2.20. The first-order valence-corrected chi connectivity index (χ1v) is 5.87. The van der Waals surface area contributed by atoms with E-state index in [2.05, 4.69) is 4.98 Å². The average Bonchev–Trinajstić information content (AvgIpc) is 2.43. The molecule has 6 heteroatoms. The van der Waals surface area contributed by atoms with Crippen molar-refractivity contribution < 1.29 is 17.9 Å². The predicted octanol–water partition coefficient (Wildman–Crippen LogP) is 3.14. The van der Waals surface area contributed by atoms with E-state index < -0.39 is 17.6 Å². The molecule has 0 aliphatic rings. The molecular weight excluding hydrogens is 269 g/mol. The molecule has 0 aliphatic carbocycles. The highest BCUT2D eigenvalue weighted by atomic mass is 19.2. The smallest absolute Gasteiger partial charge is 0.251 e. The van der Waals surface area contributed by atoms with E-state index >= 15 is 0 Å². The molecule has 3 nitrogen and oxygen atoms in total. The third-order valence-corrected chi connectivity index (χ3v) is 2.81. The van der Waals surface area contributed by atoms with E-state index in [1.54, 1.807) is 38.4 Å². The van der Waals surface area contributed by atoms with E-state index in [9.17, 15) is 13.2 Å². The lowest BCUT2D eigenvalue weighted by molar-refractivity contribution is 0.414. The molecule has 0 atom stereocenters. The molecule has 0 amide bonds. The maximum atomic E-state index is 13.6. The summed E-state index contributed by atoms with van der Waals surface area (Å²) in [5, 5.41) is 0. The maximum Gasteiger partial charge on any atom is 0.251 e. The number of hydrogen-bond acceptors (Lipinski definition) is 3. The number of hydrogen-bond donors (Lipinski definition) is 0. The van der Waals surface area contributed by atoms with Crippen molar-refractivity contribution in [2.75, 3.05) is 19.1 Å². The van der Waals surface area contributed by atoms with Crippen LogP contribution in [0, 0.1) is 17.6 Å². The molecule has 0 spiro atoms. The Kier molecular flexibility index (Phi) is 4.12. The summed E-state index contributed by atoms with van der Waals surface area (Å²) in [6.07, 6.45) is 0. The molecule has 1 aromatic carbocycles. The van der Waals surface area contributed by atoms with E-state index in [1.807, 2.05) is 0 Å². The number of nitrogens with zero attached hydrogens (tertiary/aromatic N) is 2. The van der Waals surface area contributed by atoms with E-state index in [1.165, 1.54) is 4.90 Å². The van der Waals surface area contributed by atoms with Gasteiger partial charge < -0.3 is 9.64 Å². The fourth-order valence-electron chi connectivity index (χ4n) is 1.78. The van der Waals surface area contributed by atoms with Crippen molar-refractivity contribution in [2.45, 2.75) is 6.54 Å². The van der Waals surface area contributed by atoms with Crippen molar-refractivity contribution in [3.63, 3.8) is 0 Å². The number of rotatable bonds is 4. The van der Waals surface area contributed by atoms with Gasteiger partial charge in [-0.15, -0.1) is 0 Å². The van der Waals surface area contributed by atoms with Crippen LogP contribution in [0.1, 0.15) is 5.56 Å². The summed E-state index contributed by atoms with van der Waals surface area (Å²) >= 11 is 0. The van der Waals surface area contributed by atoms with Crippen LogP contribution in [0.25, 0.3) is 0 Å². The Morgan fingerprint density at radius 1 is 1.10 bits per heavy atom. The lowest BCUT2D eigenvalue weighted by Gasteiger charge is -2.19. The van der Waals surface area contributed by atoms with Crippen LogP contribution in [0.2, 0.25) is 0 Å². The summed E-state index contributed by atoms with van der Waals surface area (Å²) in [7, 11) is 3.11. The fraction of sp³-hybridized carbons (Fsp3) is 0.214. The van der Waals surface area contributed by atoms with Gasteiger partial charge in [0.05, 0.1) is 7.11 Å². The summed E-state index contributed by atoms with van der Waals surface area (Å²) in [5.41, 5.74) is 0.860. The molecule has 0 fully saturated rings. The van der Waals surface area contributed by atoms with Crippen LogP contribution in [-0.4, -0.2) is 19.1 Å². The third kappa shape index (κ3) is 3.01. The van der Waals surface area contributed by atoms with Crippen molar-refractivity contribution in [2.24, 2.45) is 0 Å². The summed E-state index contributed by atoms with van der Waals surface area (Å²) in [4.78, 5) is 4.69. The fourth-order valence-corrected chi connectivity index (χ4v) is 1.78. The van der Waals surface area contributed by atoms with Gasteiger partial charge in [0.25, 0.3) is 5.95 Å². The number of aromatic nitrogens is 1. The Morgan fingerprint density at radius 3 is 2.35 bits per heavy atom. The minimum absolute atomic E-state index is 0.236. The zero-order valence-electron chi connectivity index (χ0n) is 11.0. The molecule has 20 heavy (non-hydrogen) atoms. The number of methoxy groups -OCH3 is 1. The Labute approximate surface area is 114 Å². The van der Waals surface area contributed by atoms with Gasteiger partial charge in [-0.05, 0) is 17.7 Å². The first-order valence-electron chi connectivity index (χ1n) is 5.87. The lowest BCUT2D eigenvalue weighted by atomic mass is 10.2. The van der Waals surface area contributed by atoms with Crippen molar-refractivity contribution in [3.8, 4) is 5.75 Å². The molecule has 0 radical (unpaired) electrons. The predicted molar refractivity (Wildman–Crippen MR) is 69.2 cm³/mol. The van der Waals surface area contributed by atoms with Gasteiger partial charge in [0.2, 0.25) is 0 Å². The van der Waals surface area contributed by atoms with E-state index in [0.29, 0.717) is 18.4 Å². The molecule has 0 saturated heterocycles. The van der Waals surface area contributed by atoms with E-state index in [-0.39, 0.29) is 5.82 Å². The van der Waals surface area contributed by atoms with Crippen LogP contribution < -0.4 is 9.64 Å². The van der Waals surface area contributed by atoms with Crippen LogP contribution >= 0.6 is 0 Å². The molecule has 2 rings (SSSR count). The largest absolute Gasteiger partial charge is 0.497 e. The molecule has 0 saturated carbocycles. The highest BCUT2D eigenvalue weighted by Gasteiger charge is 2.15. The standard InChI is InChI=1S/C14H13F3N2O/c1-19(8-9-3-5-10(20-2)6-4-9)14-12(16)7-11(15)13(17)18-14/h3-7H,8H2,1-2H3. The third-order valence-electron chi connectivity index (χ3n) is 2.81. The summed E-state index contributed by atoms with van der Waals surface area (Å²) in [5.74, 6) is -3.06. The summed E-state index contributed by atoms with van der Waals surface area (Å²) < 4.78 is 44.5. The van der Waals surface area contributed by atoms with E-state index in [4.69, 9.17) is 4.74 Å². The van der Waals surface area contributed by atoms with Gasteiger partial charge >= 0.3 is 0 Å². The highest BCUT2D eigenvalue weighted by molar-refractivity contribution is 5.40. The Hall–Kier alpha value is -2.24. The zero-order valence-corrected chi connectivity index (χ0v) is 11.0. The highest BCUT2D eigenvalue weighted by Crippen LogP contribution is 2.20. The molecule has 0 unspecified atom stereocenters. The van der Waals surface area contributed by atoms with Crippen molar-refractivity contribution in [1.82, 2.24) is 4.98 Å². The number of pyridine rings is 1. The summed E-state index contributed by atoms with van der Waals surface area (Å²) in [6, 6.07) is 7.61. The van der Waals surface area contributed by atoms with Gasteiger partial charge in [0, 0.05) is 19.7 Å². The first kappa shape index (κ1) is 14.2. The van der Waals surface area contributed by atoms with E-state index in [0.717, 1.165) is 5.56 Å². The van der Waals surface area contributed by atoms with Gasteiger partial charge in [0.15, 0.2) is 17.5 Å². The first-order chi connectivity index (χ1) is 9.51. The van der Waals surface area contributed by atoms with Crippen LogP contribution in [0.4, 0.5) is 19.0 Å². The van der Waals surface area contributed by atoms with Gasteiger partial charge in [-0.1, -0.05) is 12.1 Å². The monoisotopic (exact) mass is 282 g/mol. The van der Waals surface area contributed by atoms with Gasteiger partial charge in [-0.3, -0.25) is 0 Å². The number of ether oxygens (including phenoxy) is 1. The molecule has 0 bridgehead atoms. The van der Waals surface area contributed by atoms with Crippen molar-refractivity contribution in [1.29, 1.82) is 0 Å². The normalized spacial score (nSPS) is 10.4. The molecule has 1 heterocycles. The molecular formula is C14H13F3N2O. The SMILES string of the molecule is COc1ccc(CN(C)c2nc(F)c(F)cc2F)cc1. The quantitative estimate of drug-likeness (QED) is 0.806. The molecule has 0 N–H and O–H groups in total. The second-order valence-electron chi connectivity index (χ2n) is 4.27. The number of benzene rings is 1. The van der Waals surface area contributed by atoms with Crippen LogP contribution in [0.15, 0.2) is 30.3 Å². The maximum absolute atomic E-state index is 13.6. The Balaban J connectivity index is 2.18. The molecule has 1 aromatic heterocycles. The van der Waals surface area contributed by atoms with Gasteiger partial charge in [-0.25, -0.2) is 8.78 Å². The van der Waals surface area contributed by atoms with Gasteiger partial charge in [-0.2, -0.15) is 9.37 Å². The topological polar surface area (TPSA) is 25.4 Å². The second kappa shape index (κ2) is 5.81. The average molecular weight is 282 g/mol. The Bertz CT molecular complexity index is 602. The molecule has 106 valence electrons. The molecule has 0 aliphatic heterocycles. The van der Waals surface area contributed by atoms with Crippen LogP contribution in [-0.2, 0) is 6.54 Å². The minimum atomic E-state index is -1.32. The van der Waals surface area contributed by atoms with Crippen molar-refractivity contribution >= 4 is 5.82 Å². The van der Waals surface area contributed by atoms with Crippen LogP contribution in [0.5, 0.6) is 5.75 Å². The van der Waals surface area contributed by atoms with Crippen molar-refractivity contribution in [3.05, 3.63) is 53.5 Å². The molecule has 2 aromatic rings. The van der Waals surface area contributed by atoms with Gasteiger partial charge in [0.1, 0.15) is 5.75 Å². The van der Waals surface area contributed by atoms with Crippen LogP contribution in [0.3, 0.4) is 0 Å². The minimum Gasteiger partial charge on any atom is -0.497 e.